The predicted octanol–water partition coefficient (Wildman–Crippen LogP) is 12.3. The van der Waals surface area contributed by atoms with Gasteiger partial charge in [-0.1, -0.05) is 178 Å². The molecule has 10 heteroatoms. The zero-order valence-corrected chi connectivity index (χ0v) is 37.6. The first kappa shape index (κ1) is 55.4. The van der Waals surface area contributed by atoms with Gasteiger partial charge in [-0.15, -0.1) is 0 Å². The minimum absolute atomic E-state index is 0.0396. The van der Waals surface area contributed by atoms with Gasteiger partial charge in [0.2, 0.25) is 5.91 Å². The molecule has 0 saturated heterocycles. The Morgan fingerprint density at radius 1 is 0.596 bits per heavy atom. The summed E-state index contributed by atoms with van der Waals surface area (Å²) in [5.41, 5.74) is 5.36. The second kappa shape index (κ2) is 42.5. The summed E-state index contributed by atoms with van der Waals surface area (Å²) in [6, 6.07) is -1.01. The lowest BCUT2D eigenvalue weighted by molar-refractivity contribution is -0.124. The summed E-state index contributed by atoms with van der Waals surface area (Å²) in [5, 5.41) is 24.0. The van der Waals surface area contributed by atoms with E-state index in [1.165, 1.54) is 116 Å². The SMILES string of the molecule is CCCCCCCCC/C=C\CCCCCC(O)CC(=O)NC(COP(=O)(O)OCCN)C(O)/C=C/CC/C=C/CC/C=C/CCCCCCCCCCCCC. The fourth-order valence-corrected chi connectivity index (χ4v) is 7.37. The van der Waals surface area contributed by atoms with Crippen LogP contribution in [0.25, 0.3) is 0 Å². The van der Waals surface area contributed by atoms with Crippen molar-refractivity contribution in [2.75, 3.05) is 19.8 Å². The fraction of sp³-hybridized carbons (Fsp3) is 0.809. The van der Waals surface area contributed by atoms with Gasteiger partial charge in [0, 0.05) is 6.54 Å². The van der Waals surface area contributed by atoms with Crippen LogP contribution in [0.1, 0.15) is 206 Å². The molecule has 0 bridgehead atoms. The number of unbranched alkanes of at least 4 members (excludes halogenated alkanes) is 23. The van der Waals surface area contributed by atoms with Gasteiger partial charge >= 0.3 is 7.82 Å². The Hall–Kier alpha value is -1.58. The molecule has 0 radical (unpaired) electrons. The van der Waals surface area contributed by atoms with Gasteiger partial charge in [-0.2, -0.15) is 0 Å². The summed E-state index contributed by atoms with van der Waals surface area (Å²) in [6.45, 7) is 3.93. The lowest BCUT2D eigenvalue weighted by Gasteiger charge is -2.24. The number of hydrogen-bond donors (Lipinski definition) is 5. The summed E-state index contributed by atoms with van der Waals surface area (Å²) in [5.74, 6) is -0.469. The molecule has 6 N–H and O–H groups in total. The molecule has 0 aliphatic heterocycles. The van der Waals surface area contributed by atoms with Crippen molar-refractivity contribution in [2.45, 2.75) is 225 Å². The van der Waals surface area contributed by atoms with E-state index in [-0.39, 0.29) is 19.6 Å². The average molecular weight is 825 g/mol. The number of amides is 1. The molecule has 4 atom stereocenters. The number of rotatable bonds is 43. The highest BCUT2D eigenvalue weighted by molar-refractivity contribution is 7.47. The lowest BCUT2D eigenvalue weighted by Crippen LogP contribution is -2.46. The first-order chi connectivity index (χ1) is 27.8. The van der Waals surface area contributed by atoms with Crippen LogP contribution in [-0.4, -0.2) is 59.0 Å². The van der Waals surface area contributed by atoms with Gasteiger partial charge in [-0.25, -0.2) is 4.57 Å². The summed E-state index contributed by atoms with van der Waals surface area (Å²) in [4.78, 5) is 22.8. The van der Waals surface area contributed by atoms with E-state index in [4.69, 9.17) is 14.8 Å². The Kier molecular flexibility index (Phi) is 41.4. The molecule has 334 valence electrons. The molecule has 0 spiro atoms. The minimum Gasteiger partial charge on any atom is -0.393 e. The maximum absolute atomic E-state index is 12.8. The molecule has 0 aliphatic carbocycles. The summed E-state index contributed by atoms with van der Waals surface area (Å²) in [7, 11) is -4.42. The quantitative estimate of drug-likeness (QED) is 0.0232. The van der Waals surface area contributed by atoms with Crippen LogP contribution in [0.5, 0.6) is 0 Å². The Morgan fingerprint density at radius 2 is 1.00 bits per heavy atom. The number of phosphoric ester groups is 1. The molecule has 4 unspecified atom stereocenters. The largest absolute Gasteiger partial charge is 0.472 e. The summed E-state index contributed by atoms with van der Waals surface area (Å²) < 4.78 is 22.1. The van der Waals surface area contributed by atoms with Crippen LogP contribution in [0.15, 0.2) is 48.6 Å². The van der Waals surface area contributed by atoms with Crippen LogP contribution in [0.4, 0.5) is 0 Å². The molecule has 0 aliphatic rings. The standard InChI is InChI=1S/C47H89N2O7P/c1-3-5-7-9-11-13-15-17-19-20-21-22-23-24-25-27-29-31-33-35-37-39-46(51)45(43-56-57(53,54)55-41-40-48)49-47(52)42-44(50)38-36-34-32-30-28-26-18-16-14-12-10-8-6-4-2/h23-24,26,28-29,31,37,39,44-46,50-51H,3-22,25,27,30,32-36,38,40-43,48H2,1-2H3,(H,49,52)(H,53,54)/b24-23+,28-26-,31-29+,39-37+. The van der Waals surface area contributed by atoms with Crippen LogP contribution >= 0.6 is 7.82 Å². The van der Waals surface area contributed by atoms with Crippen molar-refractivity contribution in [3.05, 3.63) is 48.6 Å². The highest BCUT2D eigenvalue weighted by Crippen LogP contribution is 2.43. The molecule has 0 aromatic rings. The number of carbonyl (C=O) groups is 1. The molecule has 9 nitrogen and oxygen atoms in total. The maximum atomic E-state index is 12.8. The van der Waals surface area contributed by atoms with Crippen LogP contribution < -0.4 is 11.1 Å². The number of hydrogen-bond acceptors (Lipinski definition) is 7. The van der Waals surface area contributed by atoms with E-state index in [1.54, 1.807) is 6.08 Å². The van der Waals surface area contributed by atoms with Crippen molar-refractivity contribution in [1.29, 1.82) is 0 Å². The number of aliphatic hydroxyl groups excluding tert-OH is 2. The van der Waals surface area contributed by atoms with E-state index in [0.717, 1.165) is 57.8 Å². The summed E-state index contributed by atoms with van der Waals surface area (Å²) in [6.07, 6.45) is 49.2. The van der Waals surface area contributed by atoms with Gasteiger partial charge in [0.1, 0.15) is 0 Å². The molecular formula is C47H89N2O7P. The normalized spacial score (nSPS) is 15.0. The molecule has 0 fully saturated rings. The Balaban J connectivity index is 4.38. The van der Waals surface area contributed by atoms with Crippen LogP contribution in [0.2, 0.25) is 0 Å². The second-order valence-corrected chi connectivity index (χ2v) is 17.2. The van der Waals surface area contributed by atoms with Crippen molar-refractivity contribution in [3.63, 3.8) is 0 Å². The molecule has 0 aromatic carbocycles. The highest BCUT2D eigenvalue weighted by Gasteiger charge is 2.27. The molecule has 57 heavy (non-hydrogen) atoms. The van der Waals surface area contributed by atoms with Gasteiger partial charge in [0.25, 0.3) is 0 Å². The maximum Gasteiger partial charge on any atom is 0.472 e. The predicted molar refractivity (Wildman–Crippen MR) is 241 cm³/mol. The third-order valence-electron chi connectivity index (χ3n) is 10.2. The van der Waals surface area contributed by atoms with Crippen LogP contribution in [0, 0.1) is 0 Å². The van der Waals surface area contributed by atoms with Crippen LogP contribution in [-0.2, 0) is 18.4 Å². The number of nitrogens with one attached hydrogen (secondary N) is 1. The van der Waals surface area contributed by atoms with Crippen molar-refractivity contribution in [1.82, 2.24) is 5.32 Å². The van der Waals surface area contributed by atoms with Crippen molar-refractivity contribution >= 4 is 13.7 Å². The molecule has 0 rings (SSSR count). The van der Waals surface area contributed by atoms with E-state index >= 15 is 0 Å². The number of carbonyl (C=O) groups excluding carboxylic acids is 1. The number of allylic oxidation sites excluding steroid dienone is 7. The van der Waals surface area contributed by atoms with E-state index in [9.17, 15) is 24.5 Å². The third-order valence-corrected chi connectivity index (χ3v) is 11.1. The van der Waals surface area contributed by atoms with Gasteiger partial charge in [0.15, 0.2) is 0 Å². The third kappa shape index (κ3) is 41.0. The second-order valence-electron chi connectivity index (χ2n) is 15.8. The fourth-order valence-electron chi connectivity index (χ4n) is 6.61. The smallest absolute Gasteiger partial charge is 0.393 e. The zero-order valence-electron chi connectivity index (χ0n) is 36.7. The van der Waals surface area contributed by atoms with Gasteiger partial charge < -0.3 is 26.2 Å². The molecule has 0 heterocycles. The van der Waals surface area contributed by atoms with Gasteiger partial charge in [0.05, 0.1) is 37.9 Å². The van der Waals surface area contributed by atoms with Gasteiger partial charge in [-0.05, 0) is 70.6 Å². The lowest BCUT2D eigenvalue weighted by atomic mass is 10.1. The molecule has 1 amide bonds. The minimum atomic E-state index is -4.42. The Bertz CT molecular complexity index is 1050. The molecule has 0 aromatic heterocycles. The van der Waals surface area contributed by atoms with E-state index in [0.29, 0.717) is 12.8 Å². The van der Waals surface area contributed by atoms with E-state index < -0.39 is 38.6 Å². The van der Waals surface area contributed by atoms with Crippen molar-refractivity contribution in [2.24, 2.45) is 5.73 Å². The Labute approximate surface area is 350 Å². The topological polar surface area (TPSA) is 151 Å². The van der Waals surface area contributed by atoms with Crippen LogP contribution in [0.3, 0.4) is 0 Å². The van der Waals surface area contributed by atoms with E-state index in [2.05, 4.69) is 55.6 Å². The van der Waals surface area contributed by atoms with E-state index in [1.807, 2.05) is 6.08 Å². The molecule has 0 saturated carbocycles. The van der Waals surface area contributed by atoms with Gasteiger partial charge in [-0.3, -0.25) is 13.8 Å². The van der Waals surface area contributed by atoms with Crippen molar-refractivity contribution < 1.29 is 33.5 Å². The number of nitrogens with two attached hydrogens (primary N) is 1. The first-order valence-corrected chi connectivity index (χ1v) is 24.8. The monoisotopic (exact) mass is 825 g/mol. The first-order valence-electron chi connectivity index (χ1n) is 23.3. The molecular weight excluding hydrogens is 735 g/mol. The zero-order chi connectivity index (χ0) is 41.9. The van der Waals surface area contributed by atoms with Crippen molar-refractivity contribution in [3.8, 4) is 0 Å². The Morgan fingerprint density at radius 3 is 1.46 bits per heavy atom. The number of aliphatic hydroxyl groups is 2. The number of phosphoric acid groups is 1. The highest BCUT2D eigenvalue weighted by atomic mass is 31.2. The summed E-state index contributed by atoms with van der Waals surface area (Å²) >= 11 is 0. The average Bonchev–Trinajstić information content (AvgIpc) is 3.19.